The van der Waals surface area contributed by atoms with Crippen LogP contribution >= 0.6 is 0 Å². The van der Waals surface area contributed by atoms with Crippen LogP contribution in [0.3, 0.4) is 0 Å². The molecule has 0 bridgehead atoms. The second kappa shape index (κ2) is 7.92. The minimum atomic E-state index is -0.278. The first kappa shape index (κ1) is 18.9. The Hall–Kier alpha value is -1.39. The van der Waals surface area contributed by atoms with Crippen LogP contribution in [0.2, 0.25) is 0 Å². The van der Waals surface area contributed by atoms with E-state index < -0.39 is 0 Å². The quantitative estimate of drug-likeness (QED) is 0.747. The fraction of sp³-hybridized carbons (Fsp3) is 0.696. The lowest BCUT2D eigenvalue weighted by Gasteiger charge is -2.29. The number of likely N-dealkylation sites (tertiary alicyclic amines) is 1. The number of carbonyl (C=O) groups is 1. The van der Waals surface area contributed by atoms with Crippen LogP contribution in [0.15, 0.2) is 30.3 Å². The van der Waals surface area contributed by atoms with Gasteiger partial charge in [0.25, 0.3) is 0 Å². The number of benzene rings is 1. The Morgan fingerprint density at radius 1 is 1.19 bits per heavy atom. The number of ether oxygens (including phenoxy) is 1. The second-order valence-corrected chi connectivity index (χ2v) is 8.92. The van der Waals surface area contributed by atoms with Gasteiger partial charge in [0, 0.05) is 26.2 Å². The number of hydrogen-bond acceptors (Lipinski definition) is 3. The second-order valence-electron chi connectivity index (χ2n) is 8.92. The highest BCUT2D eigenvalue weighted by Gasteiger charge is 2.72. The predicted molar refractivity (Wildman–Crippen MR) is 108 cm³/mol. The number of hydrogen-bond donors (Lipinski definition) is 1. The molecule has 3 aliphatic rings. The number of piperidine rings is 1. The van der Waals surface area contributed by atoms with Gasteiger partial charge >= 0.3 is 0 Å². The van der Waals surface area contributed by atoms with Crippen LogP contribution in [0.25, 0.3) is 0 Å². The van der Waals surface area contributed by atoms with E-state index >= 15 is 0 Å². The largest absolute Gasteiger partial charge is 0.378 e. The number of rotatable bonds is 7. The van der Waals surface area contributed by atoms with Crippen molar-refractivity contribution in [3.05, 3.63) is 35.9 Å². The third-order valence-electron chi connectivity index (χ3n) is 7.22. The van der Waals surface area contributed by atoms with E-state index in [-0.39, 0.29) is 16.7 Å². The van der Waals surface area contributed by atoms with Gasteiger partial charge in [-0.15, -0.1) is 0 Å². The van der Waals surface area contributed by atoms with Crippen LogP contribution in [-0.2, 0) is 14.9 Å². The van der Waals surface area contributed by atoms with E-state index in [4.69, 9.17) is 4.74 Å². The fourth-order valence-corrected chi connectivity index (χ4v) is 5.53. The molecule has 1 N–H and O–H groups in total. The number of nitrogens with one attached hydrogen (secondary N) is 1. The summed E-state index contributed by atoms with van der Waals surface area (Å²) in [7, 11) is 2.17. The molecule has 0 aromatic heterocycles. The summed E-state index contributed by atoms with van der Waals surface area (Å²) in [5, 5.41) is 3.25. The van der Waals surface area contributed by atoms with Crippen molar-refractivity contribution in [1.82, 2.24) is 10.2 Å². The molecule has 1 aliphatic heterocycles. The molecule has 2 saturated carbocycles. The molecule has 1 atom stereocenters. The Labute approximate surface area is 163 Å². The third-order valence-corrected chi connectivity index (χ3v) is 7.22. The van der Waals surface area contributed by atoms with Gasteiger partial charge in [-0.3, -0.25) is 4.79 Å². The van der Waals surface area contributed by atoms with Gasteiger partial charge in [0.1, 0.15) is 0 Å². The van der Waals surface area contributed by atoms with E-state index in [1.165, 1.54) is 31.2 Å². The Morgan fingerprint density at radius 3 is 2.59 bits per heavy atom. The van der Waals surface area contributed by atoms with Crippen molar-refractivity contribution in [3.8, 4) is 0 Å². The molecule has 0 radical (unpaired) electrons. The molecular weight excluding hydrogens is 336 g/mol. The molecule has 1 spiro atoms. The molecule has 3 fully saturated rings. The zero-order valence-electron chi connectivity index (χ0n) is 16.7. The van der Waals surface area contributed by atoms with Gasteiger partial charge in [0.15, 0.2) is 0 Å². The van der Waals surface area contributed by atoms with Crippen LogP contribution in [-0.4, -0.2) is 50.2 Å². The third kappa shape index (κ3) is 3.66. The summed E-state index contributed by atoms with van der Waals surface area (Å²) in [6, 6.07) is 10.5. The Kier molecular flexibility index (Phi) is 5.56. The lowest BCUT2D eigenvalue weighted by atomic mass is 9.84. The smallest absolute Gasteiger partial charge is 0.231 e. The Morgan fingerprint density at radius 2 is 1.89 bits per heavy atom. The molecule has 1 heterocycles. The lowest BCUT2D eigenvalue weighted by Crippen LogP contribution is -2.39. The van der Waals surface area contributed by atoms with Crippen LogP contribution in [0.5, 0.6) is 0 Å². The summed E-state index contributed by atoms with van der Waals surface area (Å²) >= 11 is 0. The summed E-state index contributed by atoms with van der Waals surface area (Å²) in [6.07, 6.45) is 9.53. The minimum absolute atomic E-state index is 0.225. The van der Waals surface area contributed by atoms with Crippen molar-refractivity contribution in [1.29, 1.82) is 0 Å². The van der Waals surface area contributed by atoms with Crippen molar-refractivity contribution in [3.63, 3.8) is 0 Å². The van der Waals surface area contributed by atoms with Crippen LogP contribution < -0.4 is 5.32 Å². The standard InChI is InChI=1S/C23H34N2O2/c1-25-15-10-20(11-16-25)27-17-7-14-24-21(26)23(19-8-3-2-4-9-19)18-22(23)12-5-6-13-22/h2-4,8-9,20H,5-7,10-18H2,1H3,(H,24,26). The van der Waals surface area contributed by atoms with E-state index in [0.717, 1.165) is 51.9 Å². The Balaban J connectivity index is 1.28. The summed E-state index contributed by atoms with van der Waals surface area (Å²) < 4.78 is 6.01. The average molecular weight is 371 g/mol. The first-order chi connectivity index (χ1) is 13.2. The maximum absolute atomic E-state index is 13.2. The normalized spacial score (nSPS) is 27.7. The van der Waals surface area contributed by atoms with Crippen molar-refractivity contribution in [2.75, 3.05) is 33.3 Å². The molecule has 4 nitrogen and oxygen atoms in total. The lowest BCUT2D eigenvalue weighted by molar-refractivity contribution is -0.124. The van der Waals surface area contributed by atoms with E-state index in [0.29, 0.717) is 6.10 Å². The summed E-state index contributed by atoms with van der Waals surface area (Å²) in [6.45, 7) is 3.72. The van der Waals surface area contributed by atoms with Gasteiger partial charge in [0.05, 0.1) is 11.5 Å². The monoisotopic (exact) mass is 370 g/mol. The number of nitrogens with zero attached hydrogens (tertiary/aromatic N) is 1. The predicted octanol–water partition coefficient (Wildman–Crippen LogP) is 3.51. The number of carbonyl (C=O) groups excluding carboxylic acids is 1. The van der Waals surface area contributed by atoms with Crippen molar-refractivity contribution in [2.24, 2.45) is 5.41 Å². The van der Waals surface area contributed by atoms with E-state index in [9.17, 15) is 4.79 Å². The van der Waals surface area contributed by atoms with E-state index in [1.807, 2.05) is 6.07 Å². The topological polar surface area (TPSA) is 41.6 Å². The zero-order valence-corrected chi connectivity index (χ0v) is 16.7. The highest BCUT2D eigenvalue weighted by Crippen LogP contribution is 2.72. The maximum Gasteiger partial charge on any atom is 0.231 e. The average Bonchev–Trinajstić information content (AvgIpc) is 3.11. The van der Waals surface area contributed by atoms with Gasteiger partial charge in [-0.25, -0.2) is 0 Å². The van der Waals surface area contributed by atoms with Crippen LogP contribution in [0, 0.1) is 5.41 Å². The van der Waals surface area contributed by atoms with Gasteiger partial charge in [-0.05, 0) is 56.6 Å². The first-order valence-corrected chi connectivity index (χ1v) is 10.8. The SMILES string of the molecule is CN1CCC(OCCCNC(=O)C2(c3ccccc3)CC23CCCC3)CC1. The van der Waals surface area contributed by atoms with E-state index in [1.54, 1.807) is 0 Å². The molecule has 148 valence electrons. The highest BCUT2D eigenvalue weighted by molar-refractivity contribution is 5.93. The van der Waals surface area contributed by atoms with Gasteiger partial charge in [-0.2, -0.15) is 0 Å². The maximum atomic E-state index is 13.2. The van der Waals surface area contributed by atoms with Crippen LogP contribution in [0.1, 0.15) is 56.9 Å². The zero-order chi connectivity index (χ0) is 18.7. The Bertz CT molecular complexity index is 633. The van der Waals surface area contributed by atoms with Gasteiger partial charge < -0.3 is 15.0 Å². The van der Waals surface area contributed by atoms with Crippen LogP contribution in [0.4, 0.5) is 0 Å². The molecule has 1 aromatic carbocycles. The molecule has 1 saturated heterocycles. The molecule has 1 aromatic rings. The van der Waals surface area contributed by atoms with E-state index in [2.05, 4.69) is 41.5 Å². The molecular formula is C23H34N2O2. The summed E-state index contributed by atoms with van der Waals surface area (Å²) in [4.78, 5) is 15.6. The molecule has 2 aliphatic carbocycles. The minimum Gasteiger partial charge on any atom is -0.378 e. The fourth-order valence-electron chi connectivity index (χ4n) is 5.53. The van der Waals surface area contributed by atoms with Crippen molar-refractivity contribution in [2.45, 2.75) is 62.9 Å². The molecule has 4 rings (SSSR count). The van der Waals surface area contributed by atoms with Crippen molar-refractivity contribution < 1.29 is 9.53 Å². The number of amides is 1. The molecule has 1 amide bonds. The summed E-state index contributed by atoms with van der Waals surface area (Å²) in [5.74, 6) is 0.245. The molecule has 1 unspecified atom stereocenters. The van der Waals surface area contributed by atoms with Gasteiger partial charge in [0.2, 0.25) is 5.91 Å². The summed E-state index contributed by atoms with van der Waals surface area (Å²) in [5.41, 5.74) is 1.16. The van der Waals surface area contributed by atoms with Gasteiger partial charge in [-0.1, -0.05) is 43.2 Å². The highest BCUT2D eigenvalue weighted by atomic mass is 16.5. The molecule has 27 heavy (non-hydrogen) atoms. The molecule has 4 heteroatoms. The van der Waals surface area contributed by atoms with Crippen molar-refractivity contribution >= 4 is 5.91 Å². The first-order valence-electron chi connectivity index (χ1n) is 10.8.